The predicted octanol–water partition coefficient (Wildman–Crippen LogP) is 2.31. The maximum atomic E-state index is 13.1. The number of β-amino-alcohol motifs (C(OH)–C–C–N with tert-alkyl or cyclic N) is 2. The zero-order chi connectivity index (χ0) is 23.3. The van der Waals surface area contributed by atoms with Crippen molar-refractivity contribution in [1.29, 1.82) is 0 Å². The maximum Gasteiger partial charge on any atom is 0.134 e. The molecule has 0 saturated carbocycles. The Kier molecular flexibility index (Phi) is 7.38. The molecule has 2 fully saturated rings. The highest BCUT2D eigenvalue weighted by molar-refractivity contribution is 5.51. The van der Waals surface area contributed by atoms with Crippen molar-refractivity contribution in [2.45, 2.75) is 24.0 Å². The summed E-state index contributed by atoms with van der Waals surface area (Å²) in [4.78, 5) is 4.32. The van der Waals surface area contributed by atoms with Crippen molar-refractivity contribution in [2.75, 3.05) is 64.6 Å². The molecule has 2 N–H and O–H groups in total. The first-order chi connectivity index (χ1) is 15.9. The second kappa shape index (κ2) is 10.3. The molecule has 2 aromatic carbocycles. The van der Waals surface area contributed by atoms with Crippen molar-refractivity contribution in [1.82, 2.24) is 4.90 Å². The van der Waals surface area contributed by atoms with Gasteiger partial charge in [-0.05, 0) is 49.2 Å². The smallest absolute Gasteiger partial charge is 0.134 e. The molecule has 2 aliphatic rings. The second-order valence-electron chi connectivity index (χ2n) is 9.14. The van der Waals surface area contributed by atoms with Gasteiger partial charge in [0.15, 0.2) is 0 Å². The molecule has 0 bridgehead atoms. The van der Waals surface area contributed by atoms with Gasteiger partial charge in [-0.1, -0.05) is 6.07 Å². The van der Waals surface area contributed by atoms with Crippen LogP contribution in [0.3, 0.4) is 0 Å². The molecule has 0 unspecified atom stereocenters. The monoisotopic (exact) mass is 460 g/mol. The highest BCUT2D eigenvalue weighted by atomic mass is 19.1. The fourth-order valence-corrected chi connectivity index (χ4v) is 4.53. The highest BCUT2D eigenvalue weighted by Crippen LogP contribution is 2.30. The molecule has 4 rings (SSSR count). The van der Waals surface area contributed by atoms with Crippen LogP contribution < -0.4 is 14.4 Å². The van der Waals surface area contributed by atoms with Gasteiger partial charge in [0.2, 0.25) is 0 Å². The summed E-state index contributed by atoms with van der Waals surface area (Å²) in [7, 11) is 1.66. The molecule has 2 aliphatic heterocycles. The van der Waals surface area contributed by atoms with Crippen LogP contribution >= 0.6 is 0 Å². The largest absolute Gasteiger partial charge is 0.497 e. The molecule has 0 amide bonds. The first-order valence-electron chi connectivity index (χ1n) is 11.4. The summed E-state index contributed by atoms with van der Waals surface area (Å²) in [6.07, 6.45) is 1.26. The minimum atomic E-state index is -1.22. The Balaban J connectivity index is 1.33. The van der Waals surface area contributed by atoms with Crippen LogP contribution in [0.25, 0.3) is 0 Å². The molecule has 7 nitrogen and oxygen atoms in total. The summed E-state index contributed by atoms with van der Waals surface area (Å²) in [6.45, 7) is 3.55. The third-order valence-corrected chi connectivity index (χ3v) is 6.39. The standard InChI is InChI=1S/C25H33FN2O5/c1-31-23-4-2-3-21(15-23)28-11-9-24(29,10-12-28)16-27-13-14-32-18-25(30,17-27)19-33-22-7-5-20(26)6-8-22/h2-8,15,29-30H,9-14,16-19H2,1H3/t25-/m1/s1. The Bertz CT molecular complexity index is 904. The van der Waals surface area contributed by atoms with E-state index in [1.165, 1.54) is 24.3 Å². The van der Waals surface area contributed by atoms with Crippen LogP contribution in [0.15, 0.2) is 48.5 Å². The van der Waals surface area contributed by atoms with E-state index in [4.69, 9.17) is 14.2 Å². The molecule has 2 heterocycles. The van der Waals surface area contributed by atoms with E-state index in [0.717, 1.165) is 24.5 Å². The molecule has 2 aromatic rings. The molecule has 1 atom stereocenters. The van der Waals surface area contributed by atoms with Crippen LogP contribution in [-0.4, -0.2) is 86.0 Å². The normalized spacial score (nSPS) is 23.7. The van der Waals surface area contributed by atoms with Gasteiger partial charge in [-0.25, -0.2) is 4.39 Å². The topological polar surface area (TPSA) is 74.6 Å². The molecular formula is C25H33FN2O5. The van der Waals surface area contributed by atoms with Gasteiger partial charge in [0, 0.05) is 44.5 Å². The van der Waals surface area contributed by atoms with E-state index in [2.05, 4.69) is 15.9 Å². The molecule has 180 valence electrons. The zero-order valence-corrected chi connectivity index (χ0v) is 19.1. The van der Waals surface area contributed by atoms with Crippen molar-refractivity contribution < 1.29 is 28.8 Å². The number of ether oxygens (including phenoxy) is 3. The summed E-state index contributed by atoms with van der Waals surface area (Å²) in [5, 5.41) is 22.4. The van der Waals surface area contributed by atoms with Gasteiger partial charge in [-0.15, -0.1) is 0 Å². The first-order valence-corrected chi connectivity index (χ1v) is 11.4. The average Bonchev–Trinajstić information content (AvgIpc) is 3.00. The van der Waals surface area contributed by atoms with Crippen molar-refractivity contribution >= 4 is 5.69 Å². The van der Waals surface area contributed by atoms with E-state index in [9.17, 15) is 14.6 Å². The summed E-state index contributed by atoms with van der Waals surface area (Å²) in [5.41, 5.74) is -0.965. The van der Waals surface area contributed by atoms with E-state index in [1.807, 2.05) is 18.2 Å². The van der Waals surface area contributed by atoms with E-state index in [0.29, 0.717) is 44.8 Å². The molecule has 0 aliphatic carbocycles. The third kappa shape index (κ3) is 6.35. The molecule has 8 heteroatoms. The number of hydrogen-bond acceptors (Lipinski definition) is 7. The van der Waals surface area contributed by atoms with Gasteiger partial charge in [0.05, 0.1) is 25.9 Å². The lowest BCUT2D eigenvalue weighted by Gasteiger charge is -2.42. The Morgan fingerprint density at radius 2 is 1.76 bits per heavy atom. The van der Waals surface area contributed by atoms with Crippen molar-refractivity contribution in [3.8, 4) is 11.5 Å². The number of aliphatic hydroxyl groups is 2. The van der Waals surface area contributed by atoms with Crippen LogP contribution in [0, 0.1) is 5.82 Å². The number of halogens is 1. The first kappa shape index (κ1) is 23.8. The molecule has 33 heavy (non-hydrogen) atoms. The Labute approximate surface area is 194 Å². The number of hydrogen-bond donors (Lipinski definition) is 2. The number of benzene rings is 2. The quantitative estimate of drug-likeness (QED) is 0.657. The molecular weight excluding hydrogens is 427 g/mol. The van der Waals surface area contributed by atoms with Gasteiger partial charge >= 0.3 is 0 Å². The van der Waals surface area contributed by atoms with E-state index >= 15 is 0 Å². The maximum absolute atomic E-state index is 13.1. The zero-order valence-electron chi connectivity index (χ0n) is 19.1. The lowest BCUT2D eigenvalue weighted by Crippen LogP contribution is -2.55. The molecule has 0 spiro atoms. The summed E-state index contributed by atoms with van der Waals surface area (Å²) in [5.74, 6) is 0.972. The predicted molar refractivity (Wildman–Crippen MR) is 123 cm³/mol. The van der Waals surface area contributed by atoms with Crippen molar-refractivity contribution in [3.63, 3.8) is 0 Å². The molecule has 0 radical (unpaired) electrons. The van der Waals surface area contributed by atoms with E-state index in [1.54, 1.807) is 7.11 Å². The van der Waals surface area contributed by atoms with Crippen LogP contribution in [0.4, 0.5) is 10.1 Å². The van der Waals surface area contributed by atoms with Gasteiger partial charge < -0.3 is 29.3 Å². The van der Waals surface area contributed by atoms with Crippen molar-refractivity contribution in [2.24, 2.45) is 0 Å². The van der Waals surface area contributed by atoms with Gasteiger partial charge in [-0.2, -0.15) is 0 Å². The number of piperidine rings is 1. The van der Waals surface area contributed by atoms with Gasteiger partial charge in [0.25, 0.3) is 0 Å². The van der Waals surface area contributed by atoms with Crippen molar-refractivity contribution in [3.05, 3.63) is 54.3 Å². The third-order valence-electron chi connectivity index (χ3n) is 6.39. The second-order valence-corrected chi connectivity index (χ2v) is 9.14. The SMILES string of the molecule is COc1cccc(N2CCC(O)(CN3CCOC[C@@](O)(COc4ccc(F)cc4)C3)CC2)c1. The minimum Gasteiger partial charge on any atom is -0.497 e. The van der Waals surface area contributed by atoms with Crippen LogP contribution in [-0.2, 0) is 4.74 Å². The Hall–Kier alpha value is -2.39. The van der Waals surface area contributed by atoms with E-state index < -0.39 is 11.2 Å². The molecule has 0 aromatic heterocycles. The highest BCUT2D eigenvalue weighted by Gasteiger charge is 2.39. The summed E-state index contributed by atoms with van der Waals surface area (Å²) < 4.78 is 29.8. The fourth-order valence-electron chi connectivity index (χ4n) is 4.53. The summed E-state index contributed by atoms with van der Waals surface area (Å²) >= 11 is 0. The number of nitrogens with zero attached hydrogens (tertiary/aromatic N) is 2. The van der Waals surface area contributed by atoms with Crippen LogP contribution in [0.2, 0.25) is 0 Å². The fraction of sp³-hybridized carbons (Fsp3) is 0.520. The summed E-state index contributed by atoms with van der Waals surface area (Å²) in [6, 6.07) is 13.7. The number of rotatable bonds is 7. The lowest BCUT2D eigenvalue weighted by atomic mass is 9.90. The van der Waals surface area contributed by atoms with E-state index in [-0.39, 0.29) is 19.0 Å². The van der Waals surface area contributed by atoms with Gasteiger partial charge in [-0.3, -0.25) is 4.90 Å². The minimum absolute atomic E-state index is 0.0250. The van der Waals surface area contributed by atoms with Crippen LogP contribution in [0.1, 0.15) is 12.8 Å². The molecule has 2 saturated heterocycles. The Morgan fingerprint density at radius 3 is 2.48 bits per heavy atom. The van der Waals surface area contributed by atoms with Gasteiger partial charge in [0.1, 0.15) is 29.5 Å². The van der Waals surface area contributed by atoms with Crippen LogP contribution in [0.5, 0.6) is 11.5 Å². The average molecular weight is 461 g/mol. The Morgan fingerprint density at radius 1 is 1.00 bits per heavy atom. The lowest BCUT2D eigenvalue weighted by molar-refractivity contribution is -0.0742. The number of anilines is 1. The number of methoxy groups -OCH3 is 1.